The van der Waals surface area contributed by atoms with Gasteiger partial charge in [0.15, 0.2) is 6.61 Å². The van der Waals surface area contributed by atoms with E-state index < -0.39 is 5.97 Å². The molecule has 2 aromatic carbocycles. The molecule has 0 bridgehead atoms. The monoisotopic (exact) mass is 406 g/mol. The first kappa shape index (κ1) is 14.7. The molecule has 5 nitrogen and oxygen atoms in total. The molecule has 110 valence electrons. The maximum Gasteiger partial charge on any atom is 0.338 e. The molecule has 0 saturated carbocycles. The van der Waals surface area contributed by atoms with E-state index in [1.807, 2.05) is 36.4 Å². The molecule has 3 aromatic rings. The summed E-state index contributed by atoms with van der Waals surface area (Å²) in [6, 6.07) is 16.6. The van der Waals surface area contributed by atoms with Gasteiger partial charge in [-0.2, -0.15) is 0 Å². The molecule has 22 heavy (non-hydrogen) atoms. The van der Waals surface area contributed by atoms with Crippen molar-refractivity contribution in [3.8, 4) is 11.5 Å². The van der Waals surface area contributed by atoms with E-state index in [9.17, 15) is 4.79 Å². The van der Waals surface area contributed by atoms with E-state index in [4.69, 9.17) is 9.15 Å². The van der Waals surface area contributed by atoms with Crippen molar-refractivity contribution in [2.24, 2.45) is 0 Å². The third-order valence-corrected chi connectivity index (χ3v) is 3.55. The molecule has 6 heteroatoms. The Morgan fingerprint density at radius 2 is 1.91 bits per heavy atom. The summed E-state index contributed by atoms with van der Waals surface area (Å²) in [5.74, 6) is 0.247. The summed E-state index contributed by atoms with van der Waals surface area (Å²) in [7, 11) is 0. The lowest BCUT2D eigenvalue weighted by molar-refractivity contribution is 0.0438. The number of hydrogen-bond acceptors (Lipinski definition) is 5. The minimum absolute atomic E-state index is 0.0514. The third-order valence-electron chi connectivity index (χ3n) is 2.87. The molecule has 0 aliphatic heterocycles. The lowest BCUT2D eigenvalue weighted by Gasteiger charge is -2.02. The number of carbonyl (C=O) groups excluding carboxylic acids is 1. The van der Waals surface area contributed by atoms with Crippen LogP contribution in [0, 0.1) is 3.57 Å². The molecule has 1 aromatic heterocycles. The van der Waals surface area contributed by atoms with Crippen LogP contribution in [-0.4, -0.2) is 16.2 Å². The highest BCUT2D eigenvalue weighted by Gasteiger charge is 2.12. The largest absolute Gasteiger partial charge is 0.452 e. The fourth-order valence-corrected chi connectivity index (χ4v) is 2.38. The van der Waals surface area contributed by atoms with Gasteiger partial charge < -0.3 is 9.15 Å². The SMILES string of the molecule is O=C(OCc1nnc(-c2ccccc2)o1)c1cccc(I)c1. The highest BCUT2D eigenvalue weighted by molar-refractivity contribution is 14.1. The summed E-state index contributed by atoms with van der Waals surface area (Å²) in [5.41, 5.74) is 1.32. The molecule has 0 amide bonds. The second kappa shape index (κ2) is 6.69. The fraction of sp³-hybridized carbons (Fsp3) is 0.0625. The van der Waals surface area contributed by atoms with Crippen molar-refractivity contribution in [2.75, 3.05) is 0 Å². The van der Waals surface area contributed by atoms with Crippen LogP contribution < -0.4 is 0 Å². The first-order chi connectivity index (χ1) is 10.7. The van der Waals surface area contributed by atoms with E-state index >= 15 is 0 Å². The first-order valence-electron chi connectivity index (χ1n) is 6.53. The topological polar surface area (TPSA) is 65.2 Å². The van der Waals surface area contributed by atoms with E-state index in [2.05, 4.69) is 32.8 Å². The van der Waals surface area contributed by atoms with Crippen LogP contribution in [0.3, 0.4) is 0 Å². The van der Waals surface area contributed by atoms with Crippen molar-refractivity contribution < 1.29 is 13.9 Å². The van der Waals surface area contributed by atoms with Crippen LogP contribution >= 0.6 is 22.6 Å². The van der Waals surface area contributed by atoms with E-state index in [0.717, 1.165) is 9.13 Å². The maximum absolute atomic E-state index is 11.9. The Bertz CT molecular complexity index is 787. The second-order valence-electron chi connectivity index (χ2n) is 4.45. The standard InChI is InChI=1S/C16H11IN2O3/c17-13-8-4-7-12(9-13)16(20)21-10-14-18-19-15(22-14)11-5-2-1-3-6-11/h1-9H,10H2. The molecule has 1 heterocycles. The van der Waals surface area contributed by atoms with Gasteiger partial charge in [0.2, 0.25) is 5.89 Å². The Morgan fingerprint density at radius 1 is 1.09 bits per heavy atom. The predicted octanol–water partition coefficient (Wildman–Crippen LogP) is 3.70. The predicted molar refractivity (Wildman–Crippen MR) is 88.0 cm³/mol. The minimum atomic E-state index is -0.419. The zero-order valence-electron chi connectivity index (χ0n) is 11.4. The molecule has 0 fully saturated rings. The van der Waals surface area contributed by atoms with Crippen LogP contribution in [0.25, 0.3) is 11.5 Å². The normalized spacial score (nSPS) is 10.4. The molecule has 0 radical (unpaired) electrons. The summed E-state index contributed by atoms with van der Waals surface area (Å²) < 4.78 is 11.6. The summed E-state index contributed by atoms with van der Waals surface area (Å²) in [6.45, 7) is -0.0514. The fourth-order valence-electron chi connectivity index (χ4n) is 1.84. The summed E-state index contributed by atoms with van der Waals surface area (Å²) >= 11 is 2.14. The Balaban J connectivity index is 1.65. The Kier molecular flexibility index (Phi) is 4.47. The van der Waals surface area contributed by atoms with E-state index in [0.29, 0.717) is 11.5 Å². The molecule has 0 spiro atoms. The molecule has 3 rings (SSSR count). The maximum atomic E-state index is 11.9. The average Bonchev–Trinajstić information content (AvgIpc) is 3.02. The van der Waals surface area contributed by atoms with Crippen molar-refractivity contribution >= 4 is 28.6 Å². The van der Waals surface area contributed by atoms with Crippen LogP contribution in [-0.2, 0) is 11.3 Å². The molecule has 0 saturated heterocycles. The van der Waals surface area contributed by atoms with Crippen molar-refractivity contribution in [1.82, 2.24) is 10.2 Å². The van der Waals surface area contributed by atoms with Gasteiger partial charge in [-0.1, -0.05) is 24.3 Å². The summed E-state index contributed by atoms with van der Waals surface area (Å²) in [6.07, 6.45) is 0. The smallest absolute Gasteiger partial charge is 0.338 e. The highest BCUT2D eigenvalue weighted by Crippen LogP contribution is 2.17. The van der Waals surface area contributed by atoms with Gasteiger partial charge >= 0.3 is 5.97 Å². The Morgan fingerprint density at radius 3 is 2.68 bits per heavy atom. The van der Waals surface area contributed by atoms with E-state index in [1.165, 1.54) is 0 Å². The van der Waals surface area contributed by atoms with Crippen LogP contribution in [0.4, 0.5) is 0 Å². The lowest BCUT2D eigenvalue weighted by Crippen LogP contribution is -2.05. The number of esters is 1. The van der Waals surface area contributed by atoms with E-state index in [1.54, 1.807) is 18.2 Å². The number of aromatic nitrogens is 2. The number of nitrogens with zero attached hydrogens (tertiary/aromatic N) is 2. The molecule has 0 N–H and O–H groups in total. The summed E-state index contributed by atoms with van der Waals surface area (Å²) in [5, 5.41) is 7.82. The zero-order chi connectivity index (χ0) is 15.4. The number of ether oxygens (including phenoxy) is 1. The van der Waals surface area contributed by atoms with Gasteiger partial charge in [0.1, 0.15) is 0 Å². The molecular formula is C16H11IN2O3. The van der Waals surface area contributed by atoms with Crippen LogP contribution in [0.2, 0.25) is 0 Å². The number of rotatable bonds is 4. The molecule has 0 aliphatic carbocycles. The second-order valence-corrected chi connectivity index (χ2v) is 5.70. The van der Waals surface area contributed by atoms with Crippen LogP contribution in [0.1, 0.15) is 16.2 Å². The number of halogens is 1. The highest BCUT2D eigenvalue weighted by atomic mass is 127. The molecular weight excluding hydrogens is 395 g/mol. The summed E-state index contributed by atoms with van der Waals surface area (Å²) in [4.78, 5) is 11.9. The minimum Gasteiger partial charge on any atom is -0.452 e. The van der Waals surface area contributed by atoms with Gasteiger partial charge in [-0.05, 0) is 52.9 Å². The first-order valence-corrected chi connectivity index (χ1v) is 7.61. The number of hydrogen-bond donors (Lipinski definition) is 0. The van der Waals surface area contributed by atoms with Gasteiger partial charge in [-0.25, -0.2) is 4.79 Å². The van der Waals surface area contributed by atoms with Crippen LogP contribution in [0.5, 0.6) is 0 Å². The van der Waals surface area contributed by atoms with Crippen molar-refractivity contribution in [2.45, 2.75) is 6.61 Å². The van der Waals surface area contributed by atoms with Gasteiger partial charge in [0, 0.05) is 9.13 Å². The average molecular weight is 406 g/mol. The van der Waals surface area contributed by atoms with Crippen molar-refractivity contribution in [1.29, 1.82) is 0 Å². The van der Waals surface area contributed by atoms with Gasteiger partial charge in [-0.3, -0.25) is 0 Å². The quantitative estimate of drug-likeness (QED) is 0.489. The molecule has 0 aliphatic rings. The van der Waals surface area contributed by atoms with Gasteiger partial charge in [0.25, 0.3) is 5.89 Å². The molecule has 0 unspecified atom stereocenters. The van der Waals surface area contributed by atoms with E-state index in [-0.39, 0.29) is 12.5 Å². The Hall–Kier alpha value is -2.22. The third kappa shape index (κ3) is 3.51. The van der Waals surface area contributed by atoms with Gasteiger partial charge in [-0.15, -0.1) is 10.2 Å². The number of benzene rings is 2. The molecule has 0 atom stereocenters. The van der Waals surface area contributed by atoms with Crippen molar-refractivity contribution in [3.05, 3.63) is 69.6 Å². The van der Waals surface area contributed by atoms with Crippen LogP contribution in [0.15, 0.2) is 59.0 Å². The lowest BCUT2D eigenvalue weighted by atomic mass is 10.2. The zero-order valence-corrected chi connectivity index (χ0v) is 13.6. The Labute approximate surface area is 140 Å². The van der Waals surface area contributed by atoms with Gasteiger partial charge in [0.05, 0.1) is 5.56 Å². The van der Waals surface area contributed by atoms with Crippen molar-refractivity contribution in [3.63, 3.8) is 0 Å². The number of carbonyl (C=O) groups is 1.